The van der Waals surface area contributed by atoms with Gasteiger partial charge in [-0.15, -0.1) is 0 Å². The van der Waals surface area contributed by atoms with E-state index in [9.17, 15) is 0 Å². The summed E-state index contributed by atoms with van der Waals surface area (Å²) in [5.41, 5.74) is 4.39. The number of morpholine rings is 1. The quantitative estimate of drug-likeness (QED) is 0.466. The molecule has 0 aliphatic carbocycles. The molecule has 4 heterocycles. The van der Waals surface area contributed by atoms with Crippen LogP contribution >= 0.6 is 0 Å². The molecule has 1 atom stereocenters. The third-order valence-electron chi connectivity index (χ3n) is 5.67. The zero-order valence-corrected chi connectivity index (χ0v) is 19.5. The van der Waals surface area contributed by atoms with Crippen molar-refractivity contribution in [3.8, 4) is 28.3 Å². The first-order valence-corrected chi connectivity index (χ1v) is 11.2. The number of aromatic nitrogens is 5. The first kappa shape index (κ1) is 21.8. The van der Waals surface area contributed by atoms with Crippen molar-refractivity contribution in [1.29, 1.82) is 0 Å². The normalized spacial score (nSPS) is 15.9. The summed E-state index contributed by atoms with van der Waals surface area (Å²) in [7, 11) is 3.55. The van der Waals surface area contributed by atoms with Gasteiger partial charge < -0.3 is 19.7 Å². The van der Waals surface area contributed by atoms with Crippen LogP contribution in [0.3, 0.4) is 0 Å². The van der Waals surface area contributed by atoms with Crippen molar-refractivity contribution >= 4 is 17.5 Å². The second-order valence-electron chi connectivity index (χ2n) is 8.20. The van der Waals surface area contributed by atoms with Gasteiger partial charge >= 0.3 is 0 Å². The number of ether oxygens (including phenoxy) is 2. The Balaban J connectivity index is 1.63. The Morgan fingerprint density at radius 1 is 1.09 bits per heavy atom. The van der Waals surface area contributed by atoms with E-state index >= 15 is 0 Å². The Morgan fingerprint density at radius 3 is 2.65 bits per heavy atom. The number of hydrogen-bond acceptors (Lipinski definition) is 8. The molecule has 0 unspecified atom stereocenters. The van der Waals surface area contributed by atoms with E-state index in [2.05, 4.69) is 33.3 Å². The molecular weight excluding hydrogens is 430 g/mol. The van der Waals surface area contributed by atoms with Crippen LogP contribution in [0.25, 0.3) is 22.5 Å². The highest BCUT2D eigenvalue weighted by Gasteiger charge is 2.24. The van der Waals surface area contributed by atoms with Crippen LogP contribution in [0.1, 0.15) is 6.92 Å². The Morgan fingerprint density at radius 2 is 1.91 bits per heavy atom. The molecule has 0 saturated carbocycles. The molecule has 1 aliphatic rings. The molecule has 174 valence electrons. The third-order valence-corrected chi connectivity index (χ3v) is 5.67. The maximum absolute atomic E-state index is 5.85. The highest BCUT2D eigenvalue weighted by atomic mass is 16.5. The molecule has 1 saturated heterocycles. The molecule has 34 heavy (non-hydrogen) atoms. The predicted molar refractivity (Wildman–Crippen MR) is 131 cm³/mol. The van der Waals surface area contributed by atoms with Gasteiger partial charge in [-0.1, -0.05) is 18.2 Å². The Hall–Kier alpha value is -3.98. The lowest BCUT2D eigenvalue weighted by Crippen LogP contribution is -2.42. The number of methoxy groups -OCH3 is 1. The lowest BCUT2D eigenvalue weighted by atomic mass is 10.0. The average Bonchev–Trinajstić information content (AvgIpc) is 3.30. The zero-order valence-electron chi connectivity index (χ0n) is 19.5. The van der Waals surface area contributed by atoms with Crippen LogP contribution in [0.5, 0.6) is 5.75 Å². The molecule has 9 heteroatoms. The van der Waals surface area contributed by atoms with Gasteiger partial charge in [0.05, 0.1) is 25.5 Å². The van der Waals surface area contributed by atoms with Gasteiger partial charge in [-0.25, -0.2) is 4.98 Å². The van der Waals surface area contributed by atoms with Crippen LogP contribution in [-0.2, 0) is 11.8 Å². The summed E-state index contributed by atoms with van der Waals surface area (Å²) in [5.74, 6) is 1.79. The largest absolute Gasteiger partial charge is 0.491 e. The molecule has 0 spiro atoms. The summed E-state index contributed by atoms with van der Waals surface area (Å²) in [6, 6.07) is 13.9. The minimum Gasteiger partial charge on any atom is -0.491 e. The van der Waals surface area contributed by atoms with Crippen molar-refractivity contribution in [1.82, 2.24) is 24.7 Å². The summed E-state index contributed by atoms with van der Waals surface area (Å²) < 4.78 is 13.4. The molecule has 3 aromatic heterocycles. The highest BCUT2D eigenvalue weighted by Crippen LogP contribution is 2.38. The van der Waals surface area contributed by atoms with Crippen LogP contribution in [0.15, 0.2) is 61.1 Å². The van der Waals surface area contributed by atoms with Gasteiger partial charge in [-0.2, -0.15) is 10.1 Å². The van der Waals surface area contributed by atoms with Gasteiger partial charge in [0.1, 0.15) is 5.69 Å². The van der Waals surface area contributed by atoms with Gasteiger partial charge in [0, 0.05) is 55.5 Å². The number of anilines is 3. The third kappa shape index (κ3) is 4.55. The fraction of sp³-hybridized carbons (Fsp3) is 0.280. The van der Waals surface area contributed by atoms with E-state index in [1.807, 2.05) is 49.6 Å². The minimum absolute atomic E-state index is 0.104. The summed E-state index contributed by atoms with van der Waals surface area (Å²) in [6.07, 6.45) is 5.50. The molecule has 1 aliphatic heterocycles. The van der Waals surface area contributed by atoms with E-state index in [0.29, 0.717) is 36.4 Å². The molecule has 9 nitrogen and oxygen atoms in total. The van der Waals surface area contributed by atoms with Crippen molar-refractivity contribution < 1.29 is 9.47 Å². The van der Waals surface area contributed by atoms with E-state index in [-0.39, 0.29) is 6.10 Å². The van der Waals surface area contributed by atoms with Gasteiger partial charge in [0.15, 0.2) is 11.6 Å². The lowest BCUT2D eigenvalue weighted by Gasteiger charge is -2.31. The maximum Gasteiger partial charge on any atom is 0.228 e. The van der Waals surface area contributed by atoms with Crippen LogP contribution in [0.2, 0.25) is 0 Å². The van der Waals surface area contributed by atoms with Crippen LogP contribution < -0.4 is 15.0 Å². The van der Waals surface area contributed by atoms with E-state index in [1.165, 1.54) is 0 Å². The molecule has 4 aromatic rings. The predicted octanol–water partition coefficient (Wildman–Crippen LogP) is 3.92. The number of benzene rings is 1. The molecule has 1 fully saturated rings. The van der Waals surface area contributed by atoms with Crippen LogP contribution in [0, 0.1) is 0 Å². The smallest absolute Gasteiger partial charge is 0.228 e. The minimum atomic E-state index is 0.104. The fourth-order valence-corrected chi connectivity index (χ4v) is 4.02. The SMILES string of the molecule is COc1c(Nc2ccncc2)nc(N2CCO[C@@H](C)C2)nc1-c1cccc(-c2ccn(C)n2)c1. The molecule has 1 N–H and O–H groups in total. The average molecular weight is 458 g/mol. The number of hydrogen-bond donors (Lipinski definition) is 1. The van der Waals surface area contributed by atoms with Gasteiger partial charge in [0.2, 0.25) is 5.95 Å². The zero-order chi connectivity index (χ0) is 23.5. The number of nitrogens with zero attached hydrogens (tertiary/aromatic N) is 6. The lowest BCUT2D eigenvalue weighted by molar-refractivity contribution is 0.0526. The Kier molecular flexibility index (Phi) is 6.09. The van der Waals surface area contributed by atoms with Gasteiger partial charge in [0.25, 0.3) is 0 Å². The molecule has 1 aromatic carbocycles. The number of rotatable bonds is 6. The van der Waals surface area contributed by atoms with E-state index in [0.717, 1.165) is 29.1 Å². The second kappa shape index (κ2) is 9.48. The highest BCUT2D eigenvalue weighted by molar-refractivity contribution is 5.79. The van der Waals surface area contributed by atoms with Crippen molar-refractivity contribution in [2.45, 2.75) is 13.0 Å². The Labute approximate surface area is 198 Å². The Bertz CT molecular complexity index is 1280. The molecule has 0 amide bonds. The summed E-state index contributed by atoms with van der Waals surface area (Å²) in [5, 5.41) is 7.93. The monoisotopic (exact) mass is 457 g/mol. The summed E-state index contributed by atoms with van der Waals surface area (Å²) >= 11 is 0. The first-order valence-electron chi connectivity index (χ1n) is 11.2. The van der Waals surface area contributed by atoms with Crippen molar-refractivity contribution in [2.24, 2.45) is 7.05 Å². The fourth-order valence-electron chi connectivity index (χ4n) is 4.02. The number of nitrogens with one attached hydrogen (secondary N) is 1. The topological polar surface area (TPSA) is 90.2 Å². The van der Waals surface area contributed by atoms with Crippen molar-refractivity contribution in [3.63, 3.8) is 0 Å². The number of pyridine rings is 1. The van der Waals surface area contributed by atoms with Crippen LogP contribution in [-0.4, -0.2) is 57.6 Å². The van der Waals surface area contributed by atoms with Crippen molar-refractivity contribution in [2.75, 3.05) is 37.0 Å². The van der Waals surface area contributed by atoms with E-state index in [4.69, 9.17) is 19.4 Å². The van der Waals surface area contributed by atoms with Gasteiger partial charge in [-0.05, 0) is 31.2 Å². The molecule has 0 bridgehead atoms. The van der Waals surface area contributed by atoms with E-state index in [1.54, 1.807) is 24.2 Å². The summed E-state index contributed by atoms with van der Waals surface area (Å²) in [6.45, 7) is 4.13. The first-order chi connectivity index (χ1) is 16.6. The van der Waals surface area contributed by atoms with E-state index < -0.39 is 0 Å². The summed E-state index contributed by atoms with van der Waals surface area (Å²) in [4.78, 5) is 16.1. The van der Waals surface area contributed by atoms with Crippen LogP contribution in [0.4, 0.5) is 17.5 Å². The second-order valence-corrected chi connectivity index (χ2v) is 8.20. The van der Waals surface area contributed by atoms with Crippen molar-refractivity contribution in [3.05, 3.63) is 61.1 Å². The number of aryl methyl sites for hydroxylation is 1. The molecule has 5 rings (SSSR count). The molecular formula is C25H27N7O2. The standard InChI is InChI=1S/C25H27N7O2/c1-17-16-32(13-14-34-17)25-28-22(19-6-4-5-18(15-19)21-9-12-31(2)30-21)23(33-3)24(29-25)27-20-7-10-26-11-8-20/h4-12,15,17H,13-14,16H2,1-3H3,(H,26,27,28,29)/t17-/m0/s1. The molecule has 0 radical (unpaired) electrons. The maximum atomic E-state index is 5.85. The van der Waals surface area contributed by atoms with Gasteiger partial charge in [-0.3, -0.25) is 9.67 Å².